The lowest BCUT2D eigenvalue weighted by Gasteiger charge is -2.22. The second-order valence-electron chi connectivity index (χ2n) is 7.16. The summed E-state index contributed by atoms with van der Waals surface area (Å²) < 4.78 is 3.09. The van der Waals surface area contributed by atoms with E-state index in [0.29, 0.717) is 6.42 Å². The minimum atomic E-state index is -0.641. The van der Waals surface area contributed by atoms with E-state index in [4.69, 9.17) is 0 Å². The molecule has 0 saturated carbocycles. The molecule has 1 aliphatic rings. The lowest BCUT2D eigenvalue weighted by molar-refractivity contribution is -0.135. The lowest BCUT2D eigenvalue weighted by atomic mass is 10.1. The highest BCUT2D eigenvalue weighted by atomic mass is 16.2. The van der Waals surface area contributed by atoms with Crippen molar-refractivity contribution in [1.82, 2.24) is 24.7 Å². The molecule has 1 saturated heterocycles. The summed E-state index contributed by atoms with van der Waals surface area (Å²) in [5.74, 6) is -0.690. The van der Waals surface area contributed by atoms with Gasteiger partial charge in [0.05, 0.1) is 11.0 Å². The van der Waals surface area contributed by atoms with Crippen molar-refractivity contribution in [2.45, 2.75) is 25.3 Å². The van der Waals surface area contributed by atoms with E-state index in [1.165, 1.54) is 4.57 Å². The van der Waals surface area contributed by atoms with Crippen molar-refractivity contribution in [1.29, 1.82) is 0 Å². The third-order valence-corrected chi connectivity index (χ3v) is 5.20. The number of nitrogens with one attached hydrogen (secondary N) is 2. The summed E-state index contributed by atoms with van der Waals surface area (Å²) >= 11 is 0. The number of piperidine rings is 1. The highest BCUT2D eigenvalue weighted by Gasteiger charge is 2.31. The summed E-state index contributed by atoms with van der Waals surface area (Å²) in [6.07, 6.45) is 1.48. The Morgan fingerprint density at radius 3 is 2.70 bits per heavy atom. The van der Waals surface area contributed by atoms with Gasteiger partial charge in [-0.2, -0.15) is 0 Å². The molecule has 27 heavy (non-hydrogen) atoms. The largest absolute Gasteiger partial charge is 0.329 e. The number of aryl methyl sites for hydroxylation is 1. The average molecular weight is 373 g/mol. The van der Waals surface area contributed by atoms with Crippen molar-refractivity contribution in [3.63, 3.8) is 0 Å². The first kappa shape index (κ1) is 19.3. The van der Waals surface area contributed by atoms with Gasteiger partial charge >= 0.3 is 5.69 Å². The van der Waals surface area contributed by atoms with Gasteiger partial charge in [-0.1, -0.05) is 6.07 Å². The fraction of sp³-hybridized carbons (Fsp3) is 0.526. The Bertz CT molecular complexity index is 914. The molecule has 0 spiro atoms. The Labute approximate surface area is 158 Å². The van der Waals surface area contributed by atoms with Crippen molar-refractivity contribution in [3.05, 3.63) is 34.2 Å². The summed E-state index contributed by atoms with van der Waals surface area (Å²) in [6, 6.07) is 5.29. The number of amides is 2. The zero-order chi connectivity index (χ0) is 19.6. The van der Waals surface area contributed by atoms with E-state index in [0.717, 1.165) is 42.7 Å². The number of carbonyl (C=O) groups is 2. The first-order valence-corrected chi connectivity index (χ1v) is 9.29. The number of aromatic nitrogens is 2. The molecule has 2 amide bonds. The van der Waals surface area contributed by atoms with Gasteiger partial charge in [-0.15, -0.1) is 0 Å². The van der Waals surface area contributed by atoms with Crippen LogP contribution in [0.3, 0.4) is 0 Å². The summed E-state index contributed by atoms with van der Waals surface area (Å²) in [5, 5.41) is 5.47. The summed E-state index contributed by atoms with van der Waals surface area (Å²) in [7, 11) is 5.75. The molecule has 2 heterocycles. The van der Waals surface area contributed by atoms with Crippen LogP contribution in [0.4, 0.5) is 0 Å². The topological polar surface area (TPSA) is 88.4 Å². The van der Waals surface area contributed by atoms with Gasteiger partial charge in [0, 0.05) is 33.1 Å². The van der Waals surface area contributed by atoms with Crippen LogP contribution in [0, 0.1) is 0 Å². The standard InChI is InChI=1S/C19H27N5O3/c1-20-9-11-22(2)10-8-13-4-5-14-16(12-13)23(3)19(27)24(14)15-6-7-17(25)21-18(15)26/h4-5,12,15,20H,6-11H2,1-3H3,(H,21,25,26). The Balaban J connectivity index is 1.86. The van der Waals surface area contributed by atoms with Crippen LogP contribution in [0.2, 0.25) is 0 Å². The minimum Gasteiger partial charge on any atom is -0.318 e. The van der Waals surface area contributed by atoms with E-state index < -0.39 is 11.9 Å². The molecule has 3 rings (SSSR count). The predicted molar refractivity (Wildman–Crippen MR) is 104 cm³/mol. The van der Waals surface area contributed by atoms with Crippen LogP contribution >= 0.6 is 0 Å². The maximum atomic E-state index is 12.8. The number of hydrogen-bond acceptors (Lipinski definition) is 5. The van der Waals surface area contributed by atoms with Gasteiger partial charge in [0.1, 0.15) is 6.04 Å². The fourth-order valence-corrected chi connectivity index (χ4v) is 3.53. The number of rotatable bonds is 7. The minimum absolute atomic E-state index is 0.234. The number of fused-ring (bicyclic) bond motifs is 1. The number of likely N-dealkylation sites (N-methyl/N-ethyl adjacent to an activating group) is 2. The Morgan fingerprint density at radius 2 is 2.00 bits per heavy atom. The number of imide groups is 1. The average Bonchev–Trinajstić information content (AvgIpc) is 2.89. The molecule has 8 heteroatoms. The van der Waals surface area contributed by atoms with Gasteiger partial charge in [0.2, 0.25) is 11.8 Å². The highest BCUT2D eigenvalue weighted by molar-refractivity contribution is 6.00. The Kier molecular flexibility index (Phi) is 5.76. The van der Waals surface area contributed by atoms with E-state index in [9.17, 15) is 14.4 Å². The van der Waals surface area contributed by atoms with Crippen LogP contribution in [-0.2, 0) is 23.1 Å². The monoisotopic (exact) mass is 373 g/mol. The lowest BCUT2D eigenvalue weighted by Crippen LogP contribution is -2.44. The van der Waals surface area contributed by atoms with E-state index in [2.05, 4.69) is 22.6 Å². The van der Waals surface area contributed by atoms with Crippen LogP contribution in [-0.4, -0.2) is 59.6 Å². The van der Waals surface area contributed by atoms with E-state index in [-0.39, 0.29) is 18.0 Å². The van der Waals surface area contributed by atoms with Crippen molar-refractivity contribution in [2.24, 2.45) is 7.05 Å². The summed E-state index contributed by atoms with van der Waals surface area (Å²) in [4.78, 5) is 38.7. The van der Waals surface area contributed by atoms with Gasteiger partial charge in [-0.25, -0.2) is 4.79 Å². The van der Waals surface area contributed by atoms with Crippen LogP contribution < -0.4 is 16.3 Å². The molecule has 2 N–H and O–H groups in total. The van der Waals surface area contributed by atoms with Gasteiger partial charge in [-0.3, -0.25) is 24.0 Å². The SMILES string of the molecule is CNCCN(C)CCc1ccc2c(c1)n(C)c(=O)n2C1CCC(=O)NC1=O. The quantitative estimate of drug-likeness (QED) is 0.668. The molecule has 1 aliphatic heterocycles. The molecule has 1 fully saturated rings. The first-order chi connectivity index (χ1) is 12.9. The first-order valence-electron chi connectivity index (χ1n) is 9.29. The van der Waals surface area contributed by atoms with Gasteiger partial charge in [0.25, 0.3) is 0 Å². The maximum Gasteiger partial charge on any atom is 0.329 e. The van der Waals surface area contributed by atoms with Crippen LogP contribution in [0.5, 0.6) is 0 Å². The van der Waals surface area contributed by atoms with E-state index in [1.807, 2.05) is 25.2 Å². The van der Waals surface area contributed by atoms with Crippen molar-refractivity contribution in [2.75, 3.05) is 33.7 Å². The molecular weight excluding hydrogens is 346 g/mol. The van der Waals surface area contributed by atoms with Gasteiger partial charge < -0.3 is 10.2 Å². The number of hydrogen-bond donors (Lipinski definition) is 2. The molecule has 1 atom stereocenters. The molecule has 8 nitrogen and oxygen atoms in total. The third-order valence-electron chi connectivity index (χ3n) is 5.20. The summed E-state index contributed by atoms with van der Waals surface area (Å²) in [5.41, 5.74) is 2.45. The zero-order valence-corrected chi connectivity index (χ0v) is 16.1. The maximum absolute atomic E-state index is 12.8. The zero-order valence-electron chi connectivity index (χ0n) is 16.1. The summed E-state index contributed by atoms with van der Waals surface area (Å²) in [6.45, 7) is 2.84. The van der Waals surface area contributed by atoms with E-state index >= 15 is 0 Å². The van der Waals surface area contributed by atoms with Crippen molar-refractivity contribution in [3.8, 4) is 0 Å². The third kappa shape index (κ3) is 3.96. The molecule has 1 aromatic carbocycles. The normalized spacial score (nSPS) is 17.7. The van der Waals surface area contributed by atoms with Crippen molar-refractivity contribution >= 4 is 22.8 Å². The molecule has 146 valence electrons. The van der Waals surface area contributed by atoms with Crippen molar-refractivity contribution < 1.29 is 9.59 Å². The number of imidazole rings is 1. The second-order valence-corrected chi connectivity index (χ2v) is 7.16. The van der Waals surface area contributed by atoms with Crippen LogP contribution in [0.25, 0.3) is 11.0 Å². The van der Waals surface area contributed by atoms with Gasteiger partial charge in [-0.05, 0) is 44.6 Å². The molecule has 0 aliphatic carbocycles. The molecular formula is C19H27N5O3. The van der Waals surface area contributed by atoms with Crippen LogP contribution in [0.1, 0.15) is 24.4 Å². The number of carbonyl (C=O) groups excluding carboxylic acids is 2. The second kappa shape index (κ2) is 8.06. The van der Waals surface area contributed by atoms with Crippen LogP contribution in [0.15, 0.2) is 23.0 Å². The fourth-order valence-electron chi connectivity index (χ4n) is 3.53. The predicted octanol–water partition coefficient (Wildman–Crippen LogP) is 0.0114. The number of benzene rings is 1. The molecule has 2 aromatic rings. The highest BCUT2D eigenvalue weighted by Crippen LogP contribution is 2.23. The molecule has 0 bridgehead atoms. The Morgan fingerprint density at radius 1 is 1.22 bits per heavy atom. The van der Waals surface area contributed by atoms with Gasteiger partial charge in [0.15, 0.2) is 0 Å². The smallest absolute Gasteiger partial charge is 0.318 e. The van der Waals surface area contributed by atoms with E-state index in [1.54, 1.807) is 11.6 Å². The molecule has 1 aromatic heterocycles. The Hall–Kier alpha value is -2.45. The molecule has 1 unspecified atom stereocenters. The molecule has 0 radical (unpaired) electrons. The number of nitrogens with zero attached hydrogens (tertiary/aromatic N) is 3.